The number of anilines is 1. The quantitative estimate of drug-likeness (QED) is 0.653. The molecule has 0 saturated carbocycles. The molecule has 1 aromatic heterocycles. The first kappa shape index (κ1) is 18.7. The van der Waals surface area contributed by atoms with Crippen molar-refractivity contribution in [3.63, 3.8) is 0 Å². The van der Waals surface area contributed by atoms with Gasteiger partial charge in [0.2, 0.25) is 0 Å². The van der Waals surface area contributed by atoms with Gasteiger partial charge in [-0.15, -0.1) is 11.3 Å². The fraction of sp³-hybridized carbons (Fsp3) is 0.136. The van der Waals surface area contributed by atoms with Crippen molar-refractivity contribution in [2.45, 2.75) is 19.6 Å². The Morgan fingerprint density at radius 3 is 2.86 bits per heavy atom. The van der Waals surface area contributed by atoms with Gasteiger partial charge in [-0.1, -0.05) is 18.2 Å². The summed E-state index contributed by atoms with van der Waals surface area (Å²) in [6.45, 7) is 1.90. The summed E-state index contributed by atoms with van der Waals surface area (Å²) in [5.41, 5.74) is 2.77. The molecule has 2 aromatic carbocycles. The summed E-state index contributed by atoms with van der Waals surface area (Å²) in [7, 11) is 0. The Labute approximate surface area is 171 Å². The highest BCUT2D eigenvalue weighted by molar-refractivity contribution is 7.17. The summed E-state index contributed by atoms with van der Waals surface area (Å²) in [5.74, 6) is -0.243. The van der Waals surface area contributed by atoms with E-state index in [4.69, 9.17) is 14.7 Å². The van der Waals surface area contributed by atoms with E-state index in [0.29, 0.717) is 22.7 Å². The molecule has 0 fully saturated rings. The van der Waals surface area contributed by atoms with Crippen LogP contribution in [0.4, 0.5) is 5.69 Å². The van der Waals surface area contributed by atoms with Gasteiger partial charge in [0.1, 0.15) is 17.2 Å². The third-order valence-electron chi connectivity index (χ3n) is 4.44. The number of esters is 1. The molecule has 1 aliphatic rings. The first-order valence-corrected chi connectivity index (χ1v) is 9.73. The predicted molar refractivity (Wildman–Crippen MR) is 109 cm³/mol. The van der Waals surface area contributed by atoms with Crippen LogP contribution >= 0.6 is 11.3 Å². The van der Waals surface area contributed by atoms with E-state index in [2.05, 4.69) is 5.32 Å². The standard InChI is InChI=1S/C22H16N2O4S/c1-13(21(25)24-16-6-4-5-14(9-16)11-23)28-22(26)19-10-15-12-27-18-8-3-2-7-17(18)20(15)29-19/h2-10,13H,12H2,1H3,(H,24,25)/t13-/m1/s1. The van der Waals surface area contributed by atoms with Gasteiger partial charge in [0.15, 0.2) is 6.10 Å². The molecule has 0 aliphatic carbocycles. The van der Waals surface area contributed by atoms with Crippen molar-refractivity contribution in [1.82, 2.24) is 0 Å². The molecule has 0 spiro atoms. The van der Waals surface area contributed by atoms with Crippen LogP contribution in [0.5, 0.6) is 5.75 Å². The largest absolute Gasteiger partial charge is 0.488 e. The normalized spacial score (nSPS) is 12.6. The van der Waals surface area contributed by atoms with Crippen molar-refractivity contribution in [2.75, 3.05) is 5.32 Å². The summed E-state index contributed by atoms with van der Waals surface area (Å²) in [6.07, 6.45) is -0.990. The molecule has 7 heteroatoms. The third-order valence-corrected chi connectivity index (χ3v) is 5.63. The van der Waals surface area contributed by atoms with Crippen molar-refractivity contribution in [3.05, 3.63) is 70.6 Å². The average Bonchev–Trinajstić information content (AvgIpc) is 3.19. The van der Waals surface area contributed by atoms with Gasteiger partial charge in [-0.25, -0.2) is 4.79 Å². The van der Waals surface area contributed by atoms with Crippen molar-refractivity contribution < 1.29 is 19.1 Å². The van der Waals surface area contributed by atoms with E-state index in [9.17, 15) is 9.59 Å². The number of nitrogens with one attached hydrogen (secondary N) is 1. The Morgan fingerprint density at radius 2 is 2.03 bits per heavy atom. The van der Waals surface area contributed by atoms with Crippen molar-refractivity contribution in [3.8, 4) is 22.3 Å². The predicted octanol–water partition coefficient (Wildman–Crippen LogP) is 4.36. The van der Waals surface area contributed by atoms with Crippen LogP contribution in [0.1, 0.15) is 27.7 Å². The van der Waals surface area contributed by atoms with Crippen molar-refractivity contribution in [2.24, 2.45) is 0 Å². The van der Waals surface area contributed by atoms with Crippen LogP contribution in [0.2, 0.25) is 0 Å². The summed E-state index contributed by atoms with van der Waals surface area (Å²) < 4.78 is 11.1. The molecular weight excluding hydrogens is 388 g/mol. The maximum atomic E-state index is 12.6. The van der Waals surface area contributed by atoms with E-state index in [1.54, 1.807) is 30.3 Å². The van der Waals surface area contributed by atoms with Crippen LogP contribution < -0.4 is 10.1 Å². The number of rotatable bonds is 4. The van der Waals surface area contributed by atoms with Gasteiger partial charge in [-0.05, 0) is 43.3 Å². The summed E-state index contributed by atoms with van der Waals surface area (Å²) in [4.78, 5) is 26.3. The summed E-state index contributed by atoms with van der Waals surface area (Å²) >= 11 is 1.33. The molecule has 4 rings (SSSR count). The second kappa shape index (κ2) is 7.78. The van der Waals surface area contributed by atoms with Crippen LogP contribution in [0.25, 0.3) is 10.4 Å². The van der Waals surface area contributed by atoms with Gasteiger partial charge < -0.3 is 14.8 Å². The van der Waals surface area contributed by atoms with Crippen molar-refractivity contribution in [1.29, 1.82) is 5.26 Å². The fourth-order valence-corrected chi connectivity index (χ4v) is 4.06. The number of hydrogen-bond donors (Lipinski definition) is 1. The van der Waals surface area contributed by atoms with Gasteiger partial charge in [0, 0.05) is 21.7 Å². The molecule has 1 amide bonds. The lowest BCUT2D eigenvalue weighted by Gasteiger charge is -2.16. The number of para-hydroxylation sites is 1. The van der Waals surface area contributed by atoms with Crippen LogP contribution in [0.3, 0.4) is 0 Å². The molecule has 144 valence electrons. The summed E-state index contributed by atoms with van der Waals surface area (Å²) in [6, 6.07) is 17.9. The summed E-state index contributed by atoms with van der Waals surface area (Å²) in [5, 5.41) is 11.6. The zero-order valence-corrected chi connectivity index (χ0v) is 16.3. The van der Waals surface area contributed by atoms with E-state index in [1.165, 1.54) is 18.3 Å². The zero-order valence-electron chi connectivity index (χ0n) is 15.5. The van der Waals surface area contributed by atoms with Crippen molar-refractivity contribution >= 4 is 28.9 Å². The monoisotopic (exact) mass is 404 g/mol. The van der Waals surface area contributed by atoms with Gasteiger partial charge in [0.05, 0.1) is 11.6 Å². The number of thiophene rings is 1. The lowest BCUT2D eigenvalue weighted by Crippen LogP contribution is -2.29. The Morgan fingerprint density at radius 1 is 1.21 bits per heavy atom. The number of carbonyl (C=O) groups is 2. The number of nitriles is 1. The lowest BCUT2D eigenvalue weighted by atomic mass is 10.1. The van der Waals surface area contributed by atoms with Gasteiger partial charge in [-0.3, -0.25) is 4.79 Å². The minimum atomic E-state index is -0.990. The number of nitrogens with zero attached hydrogens (tertiary/aromatic N) is 1. The Hall–Kier alpha value is -3.63. The molecule has 2 heterocycles. The van der Waals surface area contributed by atoms with E-state index >= 15 is 0 Å². The molecule has 0 unspecified atom stereocenters. The molecule has 0 radical (unpaired) electrons. The van der Waals surface area contributed by atoms with E-state index in [-0.39, 0.29) is 0 Å². The highest BCUT2D eigenvalue weighted by atomic mass is 32.1. The van der Waals surface area contributed by atoms with E-state index in [0.717, 1.165) is 21.8 Å². The maximum absolute atomic E-state index is 12.6. The molecule has 1 N–H and O–H groups in total. The number of ether oxygens (including phenoxy) is 2. The minimum absolute atomic E-state index is 0.390. The van der Waals surface area contributed by atoms with Crippen LogP contribution in [-0.4, -0.2) is 18.0 Å². The third kappa shape index (κ3) is 3.84. The lowest BCUT2D eigenvalue weighted by molar-refractivity contribution is -0.123. The molecule has 29 heavy (non-hydrogen) atoms. The number of fused-ring (bicyclic) bond motifs is 3. The van der Waals surface area contributed by atoms with E-state index in [1.807, 2.05) is 30.3 Å². The Bertz CT molecular complexity index is 1150. The first-order valence-electron chi connectivity index (χ1n) is 8.92. The number of carbonyl (C=O) groups excluding carboxylic acids is 2. The Balaban J connectivity index is 1.45. The zero-order chi connectivity index (χ0) is 20.4. The van der Waals surface area contributed by atoms with Crippen LogP contribution in [0, 0.1) is 11.3 Å². The second-order valence-corrected chi connectivity index (χ2v) is 7.53. The topological polar surface area (TPSA) is 88.4 Å². The first-order chi connectivity index (χ1) is 14.0. The molecule has 0 saturated heterocycles. The highest BCUT2D eigenvalue weighted by Gasteiger charge is 2.25. The second-order valence-electron chi connectivity index (χ2n) is 6.48. The molecule has 6 nitrogen and oxygen atoms in total. The Kier molecular flexibility index (Phi) is 5.02. The number of amides is 1. The highest BCUT2D eigenvalue weighted by Crippen LogP contribution is 2.42. The molecule has 0 bridgehead atoms. The van der Waals surface area contributed by atoms with Gasteiger partial charge in [0.25, 0.3) is 5.91 Å². The molecular formula is C22H16N2O4S. The minimum Gasteiger partial charge on any atom is -0.488 e. The molecule has 3 aromatic rings. The smallest absolute Gasteiger partial charge is 0.349 e. The SMILES string of the molecule is C[C@@H](OC(=O)c1cc2c(s1)-c1ccccc1OC2)C(=O)Nc1cccc(C#N)c1. The fourth-order valence-electron chi connectivity index (χ4n) is 2.98. The molecule has 1 aliphatic heterocycles. The average molecular weight is 404 g/mol. The maximum Gasteiger partial charge on any atom is 0.349 e. The number of hydrogen-bond acceptors (Lipinski definition) is 6. The van der Waals surface area contributed by atoms with Gasteiger partial charge in [-0.2, -0.15) is 5.26 Å². The van der Waals surface area contributed by atoms with Gasteiger partial charge >= 0.3 is 5.97 Å². The van der Waals surface area contributed by atoms with Crippen LogP contribution in [0.15, 0.2) is 54.6 Å². The van der Waals surface area contributed by atoms with E-state index < -0.39 is 18.0 Å². The molecule has 1 atom stereocenters. The number of benzene rings is 2. The van der Waals surface area contributed by atoms with Crippen LogP contribution in [-0.2, 0) is 16.1 Å².